The summed E-state index contributed by atoms with van der Waals surface area (Å²) in [5.41, 5.74) is 7.39. The van der Waals surface area contributed by atoms with Gasteiger partial charge < -0.3 is 10.8 Å². The van der Waals surface area contributed by atoms with Crippen LogP contribution in [0.3, 0.4) is 0 Å². The van der Waals surface area contributed by atoms with Gasteiger partial charge in [0.05, 0.1) is 6.10 Å². The first-order valence-corrected chi connectivity index (χ1v) is 5.07. The molecule has 0 spiro atoms. The van der Waals surface area contributed by atoms with E-state index in [1.165, 1.54) is 0 Å². The average Bonchev–Trinajstić information content (AvgIpc) is 2.14. The summed E-state index contributed by atoms with van der Waals surface area (Å²) in [5.74, 6) is 0.0490. The molecule has 0 saturated heterocycles. The zero-order valence-corrected chi connectivity index (χ0v) is 9.25. The van der Waals surface area contributed by atoms with Crippen LogP contribution in [0.15, 0.2) is 18.2 Å². The molecule has 1 rings (SSSR count). The maximum atomic E-state index is 9.90. The van der Waals surface area contributed by atoms with E-state index in [-0.39, 0.29) is 5.92 Å². The third-order valence-electron chi connectivity index (χ3n) is 2.32. The van der Waals surface area contributed by atoms with Crippen molar-refractivity contribution in [1.82, 2.24) is 0 Å². The van der Waals surface area contributed by atoms with Crippen LogP contribution in [0.25, 0.3) is 0 Å². The molecule has 0 aliphatic heterocycles. The van der Waals surface area contributed by atoms with Gasteiger partial charge in [-0.15, -0.1) is 0 Å². The van der Waals surface area contributed by atoms with Crippen LogP contribution in [-0.2, 0) is 0 Å². The molecule has 2 unspecified atom stereocenters. The van der Waals surface area contributed by atoms with E-state index in [0.29, 0.717) is 11.6 Å². The van der Waals surface area contributed by atoms with Crippen molar-refractivity contribution in [3.8, 4) is 0 Å². The highest BCUT2D eigenvalue weighted by molar-refractivity contribution is 6.30. The molecule has 0 aliphatic carbocycles. The van der Waals surface area contributed by atoms with Gasteiger partial charge in [-0.25, -0.2) is 0 Å². The first kappa shape index (κ1) is 11.5. The normalized spacial score (nSPS) is 15.2. The van der Waals surface area contributed by atoms with Crippen LogP contribution in [0.1, 0.15) is 24.2 Å². The summed E-state index contributed by atoms with van der Waals surface area (Å²) in [6.07, 6.45) is -0.530. The highest BCUT2D eigenvalue weighted by Gasteiger charge is 2.15. The Balaban J connectivity index is 2.94. The molecule has 3 N–H and O–H groups in total. The Hall–Kier alpha value is -0.570. The van der Waals surface area contributed by atoms with Crippen LogP contribution in [-0.4, -0.2) is 11.7 Å². The Labute approximate surface area is 89.7 Å². The van der Waals surface area contributed by atoms with Gasteiger partial charge in [-0.3, -0.25) is 0 Å². The molecular formula is C11H16ClNO. The number of nitrogens with two attached hydrogens (primary N) is 1. The summed E-state index contributed by atoms with van der Waals surface area (Å²) >= 11 is 5.90. The van der Waals surface area contributed by atoms with E-state index in [2.05, 4.69) is 0 Å². The minimum Gasteiger partial charge on any atom is -0.388 e. The molecule has 0 aliphatic rings. The molecule has 0 heterocycles. The van der Waals surface area contributed by atoms with E-state index in [9.17, 15) is 5.11 Å². The summed E-state index contributed by atoms with van der Waals surface area (Å²) in [4.78, 5) is 0. The fourth-order valence-electron chi connectivity index (χ4n) is 1.39. The van der Waals surface area contributed by atoms with Crippen LogP contribution < -0.4 is 5.73 Å². The minimum absolute atomic E-state index is 0.0490. The third-order valence-corrected chi connectivity index (χ3v) is 2.53. The van der Waals surface area contributed by atoms with Crippen molar-refractivity contribution in [2.75, 3.05) is 6.54 Å². The van der Waals surface area contributed by atoms with Crippen LogP contribution in [0.4, 0.5) is 0 Å². The fraction of sp³-hybridized carbons (Fsp3) is 0.455. The summed E-state index contributed by atoms with van der Waals surface area (Å²) in [7, 11) is 0. The standard InChI is InChI=1S/C11H16ClNO/c1-7-3-9(5-10(12)4-7)11(14)8(2)6-13/h3-5,8,11,14H,6,13H2,1-2H3. The van der Waals surface area contributed by atoms with Crippen molar-refractivity contribution >= 4 is 11.6 Å². The summed E-state index contributed by atoms with van der Waals surface area (Å²) in [6, 6.07) is 5.58. The van der Waals surface area contributed by atoms with Crippen molar-refractivity contribution in [1.29, 1.82) is 0 Å². The van der Waals surface area contributed by atoms with Crippen LogP contribution >= 0.6 is 11.6 Å². The van der Waals surface area contributed by atoms with Gasteiger partial charge in [0.25, 0.3) is 0 Å². The number of rotatable bonds is 3. The first-order chi connectivity index (χ1) is 6.54. The largest absolute Gasteiger partial charge is 0.388 e. The predicted molar refractivity (Wildman–Crippen MR) is 59.4 cm³/mol. The molecule has 0 radical (unpaired) electrons. The minimum atomic E-state index is -0.530. The zero-order valence-electron chi connectivity index (χ0n) is 8.50. The lowest BCUT2D eigenvalue weighted by Crippen LogP contribution is -2.18. The summed E-state index contributed by atoms with van der Waals surface area (Å²) in [5, 5.41) is 10.6. The second-order valence-corrected chi connectivity index (χ2v) is 4.16. The van der Waals surface area contributed by atoms with Gasteiger partial charge in [0.15, 0.2) is 0 Å². The second-order valence-electron chi connectivity index (χ2n) is 3.72. The van der Waals surface area contributed by atoms with E-state index < -0.39 is 6.10 Å². The van der Waals surface area contributed by atoms with E-state index in [1.54, 1.807) is 6.07 Å². The highest BCUT2D eigenvalue weighted by Crippen LogP contribution is 2.25. The van der Waals surface area contributed by atoms with E-state index in [4.69, 9.17) is 17.3 Å². The molecule has 0 amide bonds. The van der Waals surface area contributed by atoms with E-state index in [0.717, 1.165) is 11.1 Å². The molecule has 1 aromatic carbocycles. The molecule has 2 atom stereocenters. The molecular weight excluding hydrogens is 198 g/mol. The molecule has 78 valence electrons. The maximum absolute atomic E-state index is 9.90. The van der Waals surface area contributed by atoms with Gasteiger partial charge in [0.2, 0.25) is 0 Å². The molecule has 3 heteroatoms. The van der Waals surface area contributed by atoms with Gasteiger partial charge >= 0.3 is 0 Å². The molecule has 0 aromatic heterocycles. The van der Waals surface area contributed by atoms with Gasteiger partial charge in [-0.2, -0.15) is 0 Å². The van der Waals surface area contributed by atoms with Crippen molar-refractivity contribution in [2.45, 2.75) is 20.0 Å². The third kappa shape index (κ3) is 2.71. The topological polar surface area (TPSA) is 46.2 Å². The molecule has 1 aromatic rings. The Morgan fingerprint density at radius 1 is 1.43 bits per heavy atom. The number of hydrogen-bond acceptors (Lipinski definition) is 2. The lowest BCUT2D eigenvalue weighted by Gasteiger charge is -2.18. The van der Waals surface area contributed by atoms with Crippen molar-refractivity contribution in [3.05, 3.63) is 34.3 Å². The smallest absolute Gasteiger partial charge is 0.0828 e. The fourth-order valence-corrected chi connectivity index (χ4v) is 1.69. The predicted octanol–water partition coefficient (Wildman–Crippen LogP) is 2.28. The summed E-state index contributed by atoms with van der Waals surface area (Å²) in [6.45, 7) is 4.34. The van der Waals surface area contributed by atoms with E-state index >= 15 is 0 Å². The van der Waals surface area contributed by atoms with Gasteiger partial charge in [-0.1, -0.05) is 24.6 Å². The number of aryl methyl sites for hydroxylation is 1. The van der Waals surface area contributed by atoms with Crippen molar-refractivity contribution < 1.29 is 5.11 Å². The first-order valence-electron chi connectivity index (χ1n) is 4.70. The Bertz CT molecular complexity index is 294. The average molecular weight is 214 g/mol. The Kier molecular flexibility index (Phi) is 3.93. The van der Waals surface area contributed by atoms with Crippen molar-refractivity contribution in [2.24, 2.45) is 11.7 Å². The van der Waals surface area contributed by atoms with Gasteiger partial charge in [0, 0.05) is 5.02 Å². The van der Waals surface area contributed by atoms with Crippen LogP contribution in [0.2, 0.25) is 5.02 Å². The van der Waals surface area contributed by atoms with Crippen LogP contribution in [0, 0.1) is 12.8 Å². The summed E-state index contributed by atoms with van der Waals surface area (Å²) < 4.78 is 0. The molecule has 14 heavy (non-hydrogen) atoms. The lowest BCUT2D eigenvalue weighted by molar-refractivity contribution is 0.121. The number of hydrogen-bond donors (Lipinski definition) is 2. The van der Waals surface area contributed by atoms with Gasteiger partial charge in [-0.05, 0) is 42.6 Å². The Morgan fingerprint density at radius 2 is 2.07 bits per heavy atom. The van der Waals surface area contributed by atoms with Gasteiger partial charge in [0.1, 0.15) is 0 Å². The van der Waals surface area contributed by atoms with Crippen molar-refractivity contribution in [3.63, 3.8) is 0 Å². The number of halogens is 1. The monoisotopic (exact) mass is 213 g/mol. The lowest BCUT2D eigenvalue weighted by atomic mass is 9.96. The Morgan fingerprint density at radius 3 is 2.57 bits per heavy atom. The number of benzene rings is 1. The van der Waals surface area contributed by atoms with Crippen LogP contribution in [0.5, 0.6) is 0 Å². The highest BCUT2D eigenvalue weighted by atomic mass is 35.5. The second kappa shape index (κ2) is 4.78. The molecule has 0 fully saturated rings. The molecule has 0 bridgehead atoms. The maximum Gasteiger partial charge on any atom is 0.0828 e. The number of aliphatic hydroxyl groups is 1. The SMILES string of the molecule is Cc1cc(Cl)cc(C(O)C(C)CN)c1. The number of aliphatic hydroxyl groups excluding tert-OH is 1. The molecule has 2 nitrogen and oxygen atoms in total. The molecule has 0 saturated carbocycles. The zero-order chi connectivity index (χ0) is 10.7. The quantitative estimate of drug-likeness (QED) is 0.809. The van der Waals surface area contributed by atoms with E-state index in [1.807, 2.05) is 26.0 Å².